The molecule has 0 spiro atoms. The normalized spacial score (nSPS) is 25.0. The van der Waals surface area contributed by atoms with Crippen molar-refractivity contribution in [1.29, 1.82) is 0 Å². The fraction of sp³-hybridized carbons (Fsp3) is 0.571. The third kappa shape index (κ3) is 3.95. The van der Waals surface area contributed by atoms with Crippen LogP contribution in [0.4, 0.5) is 8.78 Å². The van der Waals surface area contributed by atoms with Gasteiger partial charge in [-0.1, -0.05) is 0 Å². The minimum Gasteiger partial charge on any atom is -0.351 e. The Labute approximate surface area is 122 Å². The molecular formula is C14H20F2N4O. The van der Waals surface area contributed by atoms with Crippen molar-refractivity contribution in [3.05, 3.63) is 29.6 Å². The lowest BCUT2D eigenvalue weighted by molar-refractivity contribution is 0.0942. The van der Waals surface area contributed by atoms with Crippen LogP contribution in [0.25, 0.3) is 0 Å². The van der Waals surface area contributed by atoms with Gasteiger partial charge in [0.15, 0.2) is 11.5 Å². The van der Waals surface area contributed by atoms with Crippen LogP contribution in [0.1, 0.15) is 37.2 Å². The molecule has 0 aromatic carbocycles. The van der Waals surface area contributed by atoms with Gasteiger partial charge in [0.2, 0.25) is 0 Å². The van der Waals surface area contributed by atoms with Crippen molar-refractivity contribution in [1.82, 2.24) is 21.2 Å². The molecule has 1 aliphatic rings. The van der Waals surface area contributed by atoms with Gasteiger partial charge >= 0.3 is 0 Å². The van der Waals surface area contributed by atoms with E-state index >= 15 is 0 Å². The molecule has 1 aromatic rings. The van der Waals surface area contributed by atoms with Gasteiger partial charge in [0, 0.05) is 24.7 Å². The number of amides is 1. The molecule has 1 aliphatic heterocycles. The van der Waals surface area contributed by atoms with Crippen LogP contribution < -0.4 is 16.2 Å². The highest BCUT2D eigenvalue weighted by Crippen LogP contribution is 2.19. The molecule has 2 unspecified atom stereocenters. The third-order valence-electron chi connectivity index (χ3n) is 3.85. The quantitative estimate of drug-likeness (QED) is 0.718. The summed E-state index contributed by atoms with van der Waals surface area (Å²) < 4.78 is 26.1. The van der Waals surface area contributed by atoms with Gasteiger partial charge in [-0.05, 0) is 32.6 Å². The predicted octanol–water partition coefficient (Wildman–Crippen LogP) is 1.37. The lowest BCUT2D eigenvalue weighted by atomic mass is 9.92. The fourth-order valence-electron chi connectivity index (χ4n) is 2.62. The van der Waals surface area contributed by atoms with E-state index in [1.807, 2.05) is 0 Å². The lowest BCUT2D eigenvalue weighted by Gasteiger charge is -2.17. The van der Waals surface area contributed by atoms with E-state index in [4.69, 9.17) is 0 Å². The van der Waals surface area contributed by atoms with Gasteiger partial charge in [-0.3, -0.25) is 15.6 Å². The number of hydrogen-bond donors (Lipinski definition) is 3. The van der Waals surface area contributed by atoms with E-state index in [2.05, 4.69) is 35.0 Å². The maximum Gasteiger partial charge on any atom is 0.272 e. The summed E-state index contributed by atoms with van der Waals surface area (Å²) in [6.45, 7) is 4.66. The largest absolute Gasteiger partial charge is 0.351 e. The molecule has 0 aliphatic carbocycles. The summed E-state index contributed by atoms with van der Waals surface area (Å²) in [7, 11) is 0. The summed E-state index contributed by atoms with van der Waals surface area (Å²) in [5, 5.41) is 2.61. The van der Waals surface area contributed by atoms with Gasteiger partial charge in [0.05, 0.1) is 6.20 Å². The van der Waals surface area contributed by atoms with E-state index in [1.165, 1.54) is 0 Å². The molecule has 2 atom stereocenters. The van der Waals surface area contributed by atoms with E-state index in [0.717, 1.165) is 19.0 Å². The number of pyridine rings is 1. The number of carbonyl (C=O) groups is 1. The zero-order valence-corrected chi connectivity index (χ0v) is 12.1. The second kappa shape index (κ2) is 6.91. The molecule has 2 rings (SSSR count). The van der Waals surface area contributed by atoms with Gasteiger partial charge in [-0.15, -0.1) is 0 Å². The molecule has 3 N–H and O–H groups in total. The smallest absolute Gasteiger partial charge is 0.272 e. The summed E-state index contributed by atoms with van der Waals surface area (Å²) in [5.41, 5.74) is 5.98. The van der Waals surface area contributed by atoms with Gasteiger partial charge in [-0.2, -0.15) is 0 Å². The van der Waals surface area contributed by atoms with Crippen molar-refractivity contribution >= 4 is 5.91 Å². The third-order valence-corrected chi connectivity index (χ3v) is 3.85. The first-order chi connectivity index (χ1) is 9.99. The number of hydrazine groups is 1. The Morgan fingerprint density at radius 3 is 2.62 bits per heavy atom. The second-order valence-electron chi connectivity index (χ2n) is 5.41. The Kier molecular flexibility index (Phi) is 5.19. The van der Waals surface area contributed by atoms with Crippen molar-refractivity contribution in [3.63, 3.8) is 0 Å². The van der Waals surface area contributed by atoms with Crippen LogP contribution in [0.5, 0.6) is 0 Å². The Morgan fingerprint density at radius 2 is 2.00 bits per heavy atom. The van der Waals surface area contributed by atoms with Crippen molar-refractivity contribution < 1.29 is 13.6 Å². The molecule has 5 nitrogen and oxygen atoms in total. The molecule has 1 saturated heterocycles. The molecule has 1 amide bonds. The van der Waals surface area contributed by atoms with Crippen molar-refractivity contribution in [2.45, 2.75) is 38.8 Å². The number of aromatic nitrogens is 1. The van der Waals surface area contributed by atoms with Crippen LogP contribution in [0.3, 0.4) is 0 Å². The van der Waals surface area contributed by atoms with E-state index < -0.39 is 17.5 Å². The molecule has 0 radical (unpaired) electrons. The monoisotopic (exact) mass is 298 g/mol. The van der Waals surface area contributed by atoms with Crippen LogP contribution in [0.2, 0.25) is 0 Å². The minimum absolute atomic E-state index is 0.373. The van der Waals surface area contributed by atoms with E-state index in [1.54, 1.807) is 0 Å². The molecule has 1 fully saturated rings. The second-order valence-corrected chi connectivity index (χ2v) is 5.41. The molecule has 21 heavy (non-hydrogen) atoms. The molecule has 1 aromatic heterocycles. The number of halogens is 2. The SMILES string of the molecule is CC1NNC(C)C1CCCNC(=O)c1ncc(F)cc1F. The Balaban J connectivity index is 1.77. The summed E-state index contributed by atoms with van der Waals surface area (Å²) in [6.07, 6.45) is 2.57. The highest BCUT2D eigenvalue weighted by Gasteiger charge is 2.28. The fourth-order valence-corrected chi connectivity index (χ4v) is 2.62. The number of nitrogens with zero attached hydrogens (tertiary/aromatic N) is 1. The topological polar surface area (TPSA) is 66.0 Å². The lowest BCUT2D eigenvalue weighted by Crippen LogP contribution is -2.30. The number of carbonyl (C=O) groups excluding carboxylic acids is 1. The van der Waals surface area contributed by atoms with Crippen LogP contribution in [0, 0.1) is 17.6 Å². The maximum atomic E-state index is 13.4. The molecule has 7 heteroatoms. The average Bonchev–Trinajstić information content (AvgIpc) is 2.74. The number of rotatable bonds is 5. The summed E-state index contributed by atoms with van der Waals surface area (Å²) in [5.74, 6) is -1.87. The first-order valence-electron chi connectivity index (χ1n) is 7.09. The molecule has 2 heterocycles. The zero-order valence-electron chi connectivity index (χ0n) is 12.1. The summed E-state index contributed by atoms with van der Waals surface area (Å²) in [4.78, 5) is 15.2. The first-order valence-corrected chi connectivity index (χ1v) is 7.09. The number of hydrogen-bond acceptors (Lipinski definition) is 4. The van der Waals surface area contributed by atoms with Gasteiger partial charge in [-0.25, -0.2) is 13.8 Å². The zero-order chi connectivity index (χ0) is 15.4. The highest BCUT2D eigenvalue weighted by atomic mass is 19.1. The first kappa shape index (κ1) is 15.8. The van der Waals surface area contributed by atoms with E-state index in [0.29, 0.717) is 30.6 Å². The average molecular weight is 298 g/mol. The summed E-state index contributed by atoms with van der Waals surface area (Å²) in [6, 6.07) is 1.42. The van der Waals surface area contributed by atoms with Crippen LogP contribution >= 0.6 is 0 Å². The van der Waals surface area contributed by atoms with Crippen LogP contribution in [-0.2, 0) is 0 Å². The Bertz CT molecular complexity index is 502. The van der Waals surface area contributed by atoms with Crippen LogP contribution in [0.15, 0.2) is 12.3 Å². The molecular weight excluding hydrogens is 278 g/mol. The Hall–Kier alpha value is -1.60. The van der Waals surface area contributed by atoms with Gasteiger partial charge in [0.25, 0.3) is 5.91 Å². The van der Waals surface area contributed by atoms with E-state index in [-0.39, 0.29) is 5.69 Å². The standard InChI is InChI=1S/C14H20F2N4O/c1-8-11(9(2)20-19-8)4-3-5-17-14(21)13-12(16)6-10(15)7-18-13/h6-9,11,19-20H,3-5H2,1-2H3,(H,17,21). The number of nitrogens with one attached hydrogen (secondary N) is 3. The van der Waals surface area contributed by atoms with Crippen molar-refractivity contribution in [2.75, 3.05) is 6.54 Å². The molecule has 116 valence electrons. The van der Waals surface area contributed by atoms with Crippen LogP contribution in [-0.4, -0.2) is 29.5 Å². The predicted molar refractivity (Wildman–Crippen MR) is 74.4 cm³/mol. The minimum atomic E-state index is -0.945. The van der Waals surface area contributed by atoms with Gasteiger partial charge < -0.3 is 5.32 Å². The van der Waals surface area contributed by atoms with Gasteiger partial charge in [0.1, 0.15) is 5.82 Å². The molecule has 0 saturated carbocycles. The molecule has 0 bridgehead atoms. The Morgan fingerprint density at radius 1 is 1.33 bits per heavy atom. The summed E-state index contributed by atoms with van der Waals surface area (Å²) >= 11 is 0. The maximum absolute atomic E-state index is 13.4. The van der Waals surface area contributed by atoms with Crippen molar-refractivity contribution in [2.24, 2.45) is 5.92 Å². The highest BCUT2D eigenvalue weighted by molar-refractivity contribution is 5.92. The van der Waals surface area contributed by atoms with E-state index in [9.17, 15) is 13.6 Å². The van der Waals surface area contributed by atoms with Crippen molar-refractivity contribution in [3.8, 4) is 0 Å².